The highest BCUT2D eigenvalue weighted by Gasteiger charge is 2.41. The molecule has 2 aromatic carbocycles. The van der Waals surface area contributed by atoms with Gasteiger partial charge in [0.15, 0.2) is 0 Å². The summed E-state index contributed by atoms with van der Waals surface area (Å²) in [5.41, 5.74) is 9.53. The van der Waals surface area contributed by atoms with Gasteiger partial charge in [-0.15, -0.1) is 0 Å². The normalized spacial score (nSPS) is 17.2. The van der Waals surface area contributed by atoms with Gasteiger partial charge < -0.3 is 20.4 Å². The van der Waals surface area contributed by atoms with Crippen LogP contribution < -0.4 is 16.5 Å². The molecule has 3 N–H and O–H groups in total. The van der Waals surface area contributed by atoms with Crippen LogP contribution in [-0.4, -0.2) is 50.8 Å². The van der Waals surface area contributed by atoms with Gasteiger partial charge in [-0.2, -0.15) is 0 Å². The summed E-state index contributed by atoms with van der Waals surface area (Å²) in [6, 6.07) is 14.3. The SMILES string of the molecule is CC(C)(C)OC(=O)N1C2C=C(c3cnc(N)c(-c4ccc(NC(=O)c5cn(CCF)cc(-c6ccc(F)cc6)c5=O)cc4)c3)CC1CC2. The van der Waals surface area contributed by atoms with Crippen LogP contribution in [0.15, 0.2) is 84.1 Å². The minimum atomic E-state index is -0.698. The molecule has 2 aliphatic rings. The maximum atomic E-state index is 13.5. The first-order chi connectivity index (χ1) is 22.9. The van der Waals surface area contributed by atoms with Crippen LogP contribution in [0.3, 0.4) is 0 Å². The topological polar surface area (TPSA) is 120 Å². The van der Waals surface area contributed by atoms with E-state index < -0.39 is 29.4 Å². The van der Waals surface area contributed by atoms with Crippen molar-refractivity contribution in [1.82, 2.24) is 14.5 Å². The van der Waals surface area contributed by atoms with Crippen LogP contribution in [0.4, 0.5) is 25.1 Å². The number of rotatable bonds is 7. The molecule has 2 unspecified atom stereocenters. The number of halogens is 2. The zero-order valence-corrected chi connectivity index (χ0v) is 27.0. The van der Waals surface area contributed by atoms with Crippen molar-refractivity contribution in [3.05, 3.63) is 106 Å². The largest absolute Gasteiger partial charge is 0.444 e. The molecular formula is C37H37F2N5O4. The zero-order valence-electron chi connectivity index (χ0n) is 27.0. The second-order valence-corrected chi connectivity index (χ2v) is 13.1. The summed E-state index contributed by atoms with van der Waals surface area (Å²) in [4.78, 5) is 45.8. The summed E-state index contributed by atoms with van der Waals surface area (Å²) in [6.07, 6.45) is 8.80. The van der Waals surface area contributed by atoms with Crippen LogP contribution in [0, 0.1) is 5.82 Å². The first-order valence-corrected chi connectivity index (χ1v) is 15.9. The average Bonchev–Trinajstić information content (AvgIpc) is 3.31. The fraction of sp³-hybridized carbons (Fsp3) is 0.297. The Balaban J connectivity index is 1.21. The van der Waals surface area contributed by atoms with E-state index in [2.05, 4.69) is 16.4 Å². The van der Waals surface area contributed by atoms with E-state index in [1.54, 1.807) is 30.5 Å². The van der Waals surface area contributed by atoms with E-state index in [0.717, 1.165) is 29.5 Å². The maximum Gasteiger partial charge on any atom is 0.411 e. The molecule has 0 radical (unpaired) electrons. The van der Waals surface area contributed by atoms with Gasteiger partial charge in [0.25, 0.3) is 5.91 Å². The predicted octanol–water partition coefficient (Wildman–Crippen LogP) is 7.08. The van der Waals surface area contributed by atoms with Gasteiger partial charge in [0.2, 0.25) is 5.43 Å². The number of alkyl halides is 1. The lowest BCUT2D eigenvalue weighted by Gasteiger charge is -2.35. The van der Waals surface area contributed by atoms with Crippen molar-refractivity contribution >= 4 is 29.1 Å². The molecule has 248 valence electrons. The van der Waals surface area contributed by atoms with E-state index in [9.17, 15) is 23.2 Å². The molecule has 4 aromatic rings. The van der Waals surface area contributed by atoms with E-state index in [4.69, 9.17) is 10.5 Å². The fourth-order valence-corrected chi connectivity index (χ4v) is 6.31. The summed E-state index contributed by atoms with van der Waals surface area (Å²) in [6.45, 7) is 4.84. The number of carbonyl (C=O) groups excluding carboxylic acids is 2. The first kappa shape index (κ1) is 32.6. The molecule has 4 heterocycles. The summed E-state index contributed by atoms with van der Waals surface area (Å²) in [7, 11) is 0. The molecule has 2 amide bonds. The van der Waals surface area contributed by atoms with Gasteiger partial charge in [0.1, 0.15) is 29.5 Å². The summed E-state index contributed by atoms with van der Waals surface area (Å²) in [5.74, 6) is -0.780. The summed E-state index contributed by atoms with van der Waals surface area (Å²) >= 11 is 0. The number of ether oxygens (including phenoxy) is 1. The summed E-state index contributed by atoms with van der Waals surface area (Å²) < 4.78 is 33.8. The van der Waals surface area contributed by atoms with Crippen molar-refractivity contribution < 1.29 is 23.1 Å². The van der Waals surface area contributed by atoms with E-state index in [0.29, 0.717) is 29.1 Å². The highest BCUT2D eigenvalue weighted by atomic mass is 19.1. The smallest absolute Gasteiger partial charge is 0.411 e. The van der Waals surface area contributed by atoms with Gasteiger partial charge in [0, 0.05) is 41.4 Å². The van der Waals surface area contributed by atoms with E-state index in [1.165, 1.54) is 41.2 Å². The number of pyridine rings is 2. The number of nitrogen functional groups attached to an aromatic ring is 1. The lowest BCUT2D eigenvalue weighted by molar-refractivity contribution is 0.0175. The standard InChI is InChI=1S/C37H37F2N5O4/c1-37(2,3)48-36(47)44-28-12-13-29(44)17-24(16-28)25-18-30(34(40)41-19-25)22-6-10-27(11-7-22)42-35(46)32-21-43(15-14-38)20-31(33(32)45)23-4-8-26(39)9-5-23/h4-11,16,18-21,28-29H,12-15,17H2,1-3H3,(H2,40,41)(H,42,46). The molecule has 6 rings (SSSR count). The monoisotopic (exact) mass is 653 g/mol. The molecule has 1 fully saturated rings. The zero-order chi connectivity index (χ0) is 34.2. The number of amides is 2. The number of anilines is 2. The quantitative estimate of drug-likeness (QED) is 0.220. The molecule has 11 heteroatoms. The van der Waals surface area contributed by atoms with Crippen molar-refractivity contribution in [2.45, 2.75) is 64.3 Å². The molecule has 0 spiro atoms. The number of hydrogen-bond donors (Lipinski definition) is 2. The van der Waals surface area contributed by atoms with Crippen molar-refractivity contribution in [3.8, 4) is 22.3 Å². The number of fused-ring (bicyclic) bond motifs is 2. The Kier molecular flexibility index (Phi) is 8.87. The van der Waals surface area contributed by atoms with Crippen molar-refractivity contribution in [2.75, 3.05) is 17.7 Å². The maximum absolute atomic E-state index is 13.5. The molecule has 2 aliphatic heterocycles. The van der Waals surface area contributed by atoms with Crippen molar-refractivity contribution in [2.24, 2.45) is 0 Å². The van der Waals surface area contributed by atoms with Gasteiger partial charge in [-0.25, -0.2) is 18.6 Å². The number of benzene rings is 2. The first-order valence-electron chi connectivity index (χ1n) is 15.9. The van der Waals surface area contributed by atoms with E-state index in [1.807, 2.05) is 31.7 Å². The number of nitrogens with zero attached hydrogens (tertiary/aromatic N) is 3. The molecule has 0 saturated carbocycles. The average molecular weight is 654 g/mol. The number of aromatic nitrogens is 2. The van der Waals surface area contributed by atoms with Crippen LogP contribution in [0.5, 0.6) is 0 Å². The van der Waals surface area contributed by atoms with Gasteiger partial charge in [0.05, 0.1) is 12.6 Å². The molecule has 2 atom stereocenters. The third-order valence-electron chi connectivity index (χ3n) is 8.56. The lowest BCUT2D eigenvalue weighted by Crippen LogP contribution is -2.45. The highest BCUT2D eigenvalue weighted by molar-refractivity contribution is 6.04. The Morgan fingerprint density at radius 3 is 2.35 bits per heavy atom. The molecule has 1 saturated heterocycles. The third kappa shape index (κ3) is 6.85. The van der Waals surface area contributed by atoms with E-state index >= 15 is 0 Å². The second-order valence-electron chi connectivity index (χ2n) is 13.1. The molecule has 9 nitrogen and oxygen atoms in total. The van der Waals surface area contributed by atoms with Gasteiger partial charge in [-0.1, -0.05) is 30.3 Å². The number of nitrogens with one attached hydrogen (secondary N) is 1. The van der Waals surface area contributed by atoms with Crippen LogP contribution in [0.2, 0.25) is 0 Å². The fourth-order valence-electron chi connectivity index (χ4n) is 6.31. The number of hydrogen-bond acceptors (Lipinski definition) is 6. The third-order valence-corrected chi connectivity index (χ3v) is 8.56. The van der Waals surface area contributed by atoms with Crippen molar-refractivity contribution in [3.63, 3.8) is 0 Å². The van der Waals surface area contributed by atoms with E-state index in [-0.39, 0.29) is 35.8 Å². The minimum absolute atomic E-state index is 0.0463. The van der Waals surface area contributed by atoms with Gasteiger partial charge in [-0.3, -0.25) is 14.5 Å². The lowest BCUT2D eigenvalue weighted by atomic mass is 9.94. The van der Waals surface area contributed by atoms with Crippen LogP contribution >= 0.6 is 0 Å². The molecule has 2 aromatic heterocycles. The van der Waals surface area contributed by atoms with Gasteiger partial charge in [-0.05, 0) is 92.6 Å². The molecule has 0 aliphatic carbocycles. The molecule has 2 bridgehead atoms. The van der Waals surface area contributed by atoms with Crippen molar-refractivity contribution in [1.29, 1.82) is 0 Å². The van der Waals surface area contributed by atoms with Crippen LogP contribution in [0.1, 0.15) is 56.0 Å². The minimum Gasteiger partial charge on any atom is -0.444 e. The second kappa shape index (κ2) is 13.1. The number of aryl methyl sites for hydroxylation is 1. The Morgan fingerprint density at radius 1 is 1.00 bits per heavy atom. The number of carbonyl (C=O) groups is 2. The Morgan fingerprint density at radius 2 is 1.69 bits per heavy atom. The van der Waals surface area contributed by atoms with Gasteiger partial charge >= 0.3 is 6.09 Å². The predicted molar refractivity (Wildman–Crippen MR) is 182 cm³/mol. The van der Waals surface area contributed by atoms with Crippen LogP contribution in [-0.2, 0) is 11.3 Å². The highest BCUT2D eigenvalue weighted by Crippen LogP contribution is 2.40. The Bertz CT molecular complexity index is 1950. The molecule has 48 heavy (non-hydrogen) atoms. The van der Waals surface area contributed by atoms with Crippen LogP contribution in [0.25, 0.3) is 27.8 Å². The summed E-state index contributed by atoms with van der Waals surface area (Å²) in [5, 5.41) is 2.75. The Labute approximate surface area is 277 Å². The molecular weight excluding hydrogens is 616 g/mol. The number of nitrogens with two attached hydrogens (primary N) is 1. The Hall–Kier alpha value is -5.32.